The van der Waals surface area contributed by atoms with Crippen LogP contribution >= 0.6 is 15.9 Å². The molecule has 1 heterocycles. The van der Waals surface area contributed by atoms with E-state index in [9.17, 15) is 4.39 Å². The third kappa shape index (κ3) is 4.01. The molecule has 0 saturated heterocycles. The lowest BCUT2D eigenvalue weighted by Crippen LogP contribution is -2.11. The molecule has 2 rings (SSSR count). The predicted octanol–water partition coefficient (Wildman–Crippen LogP) is 3.89. The highest BCUT2D eigenvalue weighted by Crippen LogP contribution is 2.30. The van der Waals surface area contributed by atoms with Crippen molar-refractivity contribution < 1.29 is 9.13 Å². The minimum absolute atomic E-state index is 0.338. The molecule has 0 aliphatic carbocycles. The Morgan fingerprint density at radius 1 is 1.32 bits per heavy atom. The van der Waals surface area contributed by atoms with Crippen LogP contribution in [0.5, 0.6) is 11.5 Å². The number of benzene rings is 1. The summed E-state index contributed by atoms with van der Waals surface area (Å²) < 4.78 is 19.5. The Morgan fingerprint density at radius 3 is 2.95 bits per heavy atom. The largest absolute Gasteiger partial charge is 0.454 e. The molecule has 0 aliphatic rings. The first-order chi connectivity index (χ1) is 9.19. The summed E-state index contributed by atoms with van der Waals surface area (Å²) in [4.78, 5) is 4.11. The van der Waals surface area contributed by atoms with E-state index in [0.717, 1.165) is 18.7 Å². The van der Waals surface area contributed by atoms with Crippen LogP contribution < -0.4 is 10.1 Å². The maximum absolute atomic E-state index is 13.2. The van der Waals surface area contributed by atoms with Crippen molar-refractivity contribution in [1.82, 2.24) is 10.3 Å². The molecule has 19 heavy (non-hydrogen) atoms. The van der Waals surface area contributed by atoms with Gasteiger partial charge in [-0.05, 0) is 46.2 Å². The van der Waals surface area contributed by atoms with Gasteiger partial charge in [0.05, 0.1) is 10.7 Å². The third-order valence-corrected chi connectivity index (χ3v) is 3.13. The van der Waals surface area contributed by atoms with Crippen LogP contribution in [-0.2, 0) is 6.54 Å². The Bertz CT molecular complexity index is 563. The molecule has 0 spiro atoms. The lowest BCUT2D eigenvalue weighted by atomic mass is 10.2. The topological polar surface area (TPSA) is 34.2 Å². The first-order valence-electron chi connectivity index (χ1n) is 5.96. The molecule has 5 heteroatoms. The van der Waals surface area contributed by atoms with E-state index in [1.807, 2.05) is 13.0 Å². The highest BCUT2D eigenvalue weighted by molar-refractivity contribution is 9.10. The fraction of sp³-hybridized carbons (Fsp3) is 0.214. The summed E-state index contributed by atoms with van der Waals surface area (Å²) >= 11 is 3.32. The van der Waals surface area contributed by atoms with E-state index in [2.05, 4.69) is 26.2 Å². The van der Waals surface area contributed by atoms with Crippen molar-refractivity contribution in [2.75, 3.05) is 6.54 Å². The van der Waals surface area contributed by atoms with E-state index in [1.54, 1.807) is 18.5 Å². The standard InChI is InChI=1S/C14H14BrFN2O/c1-2-17-7-10-5-12(9-18-8-10)19-14-6-11(16)3-4-13(14)15/h3-6,8-9,17H,2,7H2,1H3. The Hall–Kier alpha value is -1.46. The molecule has 0 unspecified atom stereocenters. The summed E-state index contributed by atoms with van der Waals surface area (Å²) in [6.07, 6.45) is 3.38. The second-order valence-corrected chi connectivity index (χ2v) is 4.84. The highest BCUT2D eigenvalue weighted by atomic mass is 79.9. The van der Waals surface area contributed by atoms with Gasteiger partial charge in [0.2, 0.25) is 0 Å². The van der Waals surface area contributed by atoms with Gasteiger partial charge in [-0.15, -0.1) is 0 Å². The van der Waals surface area contributed by atoms with E-state index in [0.29, 0.717) is 16.0 Å². The predicted molar refractivity (Wildman–Crippen MR) is 75.8 cm³/mol. The van der Waals surface area contributed by atoms with Gasteiger partial charge in [-0.25, -0.2) is 4.39 Å². The SMILES string of the molecule is CCNCc1cncc(Oc2cc(F)ccc2Br)c1. The monoisotopic (exact) mass is 324 g/mol. The summed E-state index contributed by atoms with van der Waals surface area (Å²) in [5, 5.41) is 3.21. The fourth-order valence-electron chi connectivity index (χ4n) is 1.57. The number of nitrogens with zero attached hydrogens (tertiary/aromatic N) is 1. The van der Waals surface area contributed by atoms with Crippen LogP contribution in [0.25, 0.3) is 0 Å². The lowest BCUT2D eigenvalue weighted by Gasteiger charge is -2.09. The van der Waals surface area contributed by atoms with E-state index >= 15 is 0 Å². The lowest BCUT2D eigenvalue weighted by molar-refractivity contribution is 0.470. The average Bonchev–Trinajstić information content (AvgIpc) is 2.41. The molecule has 2 aromatic rings. The van der Waals surface area contributed by atoms with Crippen LogP contribution in [0.3, 0.4) is 0 Å². The second kappa shape index (κ2) is 6.63. The third-order valence-electron chi connectivity index (χ3n) is 2.47. The van der Waals surface area contributed by atoms with Gasteiger partial charge >= 0.3 is 0 Å². The van der Waals surface area contributed by atoms with Gasteiger partial charge in [-0.2, -0.15) is 0 Å². The van der Waals surface area contributed by atoms with Crippen LogP contribution in [0.4, 0.5) is 4.39 Å². The first-order valence-corrected chi connectivity index (χ1v) is 6.76. The molecule has 1 aromatic carbocycles. The molecular weight excluding hydrogens is 311 g/mol. The number of nitrogens with one attached hydrogen (secondary N) is 1. The minimum Gasteiger partial charge on any atom is -0.454 e. The number of pyridine rings is 1. The smallest absolute Gasteiger partial charge is 0.146 e. The van der Waals surface area contributed by atoms with Crippen LogP contribution in [0, 0.1) is 5.82 Å². The van der Waals surface area contributed by atoms with Crippen LogP contribution in [0.1, 0.15) is 12.5 Å². The number of hydrogen-bond acceptors (Lipinski definition) is 3. The summed E-state index contributed by atoms with van der Waals surface area (Å²) in [5.41, 5.74) is 1.02. The molecule has 0 fully saturated rings. The molecule has 0 aliphatic heterocycles. The van der Waals surface area contributed by atoms with E-state index in [4.69, 9.17) is 4.74 Å². The molecule has 0 radical (unpaired) electrons. The number of aromatic nitrogens is 1. The number of ether oxygens (including phenoxy) is 1. The zero-order valence-electron chi connectivity index (χ0n) is 10.5. The van der Waals surface area contributed by atoms with E-state index in [-0.39, 0.29) is 5.82 Å². The first kappa shape index (κ1) is 14.0. The zero-order valence-corrected chi connectivity index (χ0v) is 12.1. The Morgan fingerprint density at radius 2 is 2.16 bits per heavy atom. The summed E-state index contributed by atoms with van der Waals surface area (Å²) in [6, 6.07) is 6.20. The Labute approximate surface area is 119 Å². The molecule has 0 amide bonds. The van der Waals surface area contributed by atoms with Gasteiger partial charge in [0.25, 0.3) is 0 Å². The van der Waals surface area contributed by atoms with Gasteiger partial charge in [0.1, 0.15) is 17.3 Å². The second-order valence-electron chi connectivity index (χ2n) is 3.99. The van der Waals surface area contributed by atoms with Gasteiger partial charge in [0.15, 0.2) is 0 Å². The Balaban J connectivity index is 2.16. The Kier molecular flexibility index (Phi) is 4.87. The van der Waals surface area contributed by atoms with Gasteiger partial charge in [0, 0.05) is 18.8 Å². The maximum Gasteiger partial charge on any atom is 0.146 e. The van der Waals surface area contributed by atoms with Crippen LogP contribution in [0.2, 0.25) is 0 Å². The average molecular weight is 325 g/mol. The molecule has 1 N–H and O–H groups in total. The van der Waals surface area contributed by atoms with Gasteiger partial charge in [-0.3, -0.25) is 4.98 Å². The fourth-order valence-corrected chi connectivity index (χ4v) is 1.90. The van der Waals surface area contributed by atoms with Crippen LogP contribution in [0.15, 0.2) is 41.1 Å². The number of hydrogen-bond donors (Lipinski definition) is 1. The molecule has 100 valence electrons. The van der Waals surface area contributed by atoms with Crippen molar-refractivity contribution in [1.29, 1.82) is 0 Å². The van der Waals surface area contributed by atoms with Crippen LogP contribution in [-0.4, -0.2) is 11.5 Å². The normalized spacial score (nSPS) is 10.5. The molecule has 0 bridgehead atoms. The van der Waals surface area contributed by atoms with E-state index < -0.39 is 0 Å². The molecule has 0 atom stereocenters. The van der Waals surface area contributed by atoms with Gasteiger partial charge < -0.3 is 10.1 Å². The molecule has 0 saturated carbocycles. The minimum atomic E-state index is -0.338. The molecule has 1 aromatic heterocycles. The molecular formula is C14H14BrFN2O. The number of halogens is 2. The van der Waals surface area contributed by atoms with Crippen molar-refractivity contribution in [2.24, 2.45) is 0 Å². The highest BCUT2D eigenvalue weighted by Gasteiger charge is 2.05. The van der Waals surface area contributed by atoms with E-state index in [1.165, 1.54) is 12.1 Å². The molecule has 3 nitrogen and oxygen atoms in total. The van der Waals surface area contributed by atoms with Crippen molar-refractivity contribution in [3.8, 4) is 11.5 Å². The van der Waals surface area contributed by atoms with Crippen molar-refractivity contribution in [2.45, 2.75) is 13.5 Å². The quantitative estimate of drug-likeness (QED) is 0.906. The zero-order chi connectivity index (χ0) is 13.7. The van der Waals surface area contributed by atoms with Crippen molar-refractivity contribution in [3.63, 3.8) is 0 Å². The maximum atomic E-state index is 13.2. The van der Waals surface area contributed by atoms with Crippen molar-refractivity contribution in [3.05, 3.63) is 52.5 Å². The summed E-state index contributed by atoms with van der Waals surface area (Å²) in [5.74, 6) is 0.680. The number of rotatable bonds is 5. The van der Waals surface area contributed by atoms with Crippen molar-refractivity contribution >= 4 is 15.9 Å². The summed E-state index contributed by atoms with van der Waals surface area (Å²) in [6.45, 7) is 3.66. The summed E-state index contributed by atoms with van der Waals surface area (Å²) in [7, 11) is 0. The van der Waals surface area contributed by atoms with Gasteiger partial charge in [-0.1, -0.05) is 6.92 Å².